The smallest absolute Gasteiger partial charge is 0.333 e. The number of cyclic esters (lactones) is 1. The minimum absolute atomic E-state index is 0.0448. The number of allylic oxidation sites excluding steroid dienone is 1. The van der Waals surface area contributed by atoms with E-state index in [0.717, 1.165) is 24.8 Å². The molecular weight excluding hydrogens is 472 g/mol. The molecule has 6 aliphatic rings. The summed E-state index contributed by atoms with van der Waals surface area (Å²) < 4.78 is 18.1. The molecule has 0 radical (unpaired) electrons. The molecule has 11 unspecified atom stereocenters. The molecule has 2 aliphatic heterocycles. The Morgan fingerprint density at radius 2 is 1.92 bits per heavy atom. The molecule has 11 atom stereocenters. The van der Waals surface area contributed by atoms with Gasteiger partial charge in [0.15, 0.2) is 5.78 Å². The van der Waals surface area contributed by atoms with Gasteiger partial charge in [0.25, 0.3) is 0 Å². The maximum absolute atomic E-state index is 13.4. The molecule has 7 nitrogen and oxygen atoms in total. The zero-order valence-corrected chi connectivity index (χ0v) is 22.8. The van der Waals surface area contributed by atoms with E-state index in [9.17, 15) is 19.5 Å². The molecule has 4 fully saturated rings. The number of carbonyl (C=O) groups is 3. The van der Waals surface area contributed by atoms with E-state index < -0.39 is 40.5 Å². The first-order valence-corrected chi connectivity index (χ1v) is 14.0. The lowest BCUT2D eigenvalue weighted by atomic mass is 9.44. The minimum atomic E-state index is -1.37. The number of ketones is 1. The van der Waals surface area contributed by atoms with Gasteiger partial charge in [-0.15, -0.1) is 0 Å². The summed E-state index contributed by atoms with van der Waals surface area (Å²) in [6, 6.07) is 0. The van der Waals surface area contributed by atoms with Crippen LogP contribution in [0.25, 0.3) is 0 Å². The van der Waals surface area contributed by atoms with Crippen LogP contribution < -0.4 is 0 Å². The first-order chi connectivity index (χ1) is 17.3. The SMILES string of the molecule is CC(=O)OC1CC2C3CC4OC45CC=CC(=O)C5(C)C3CCC2(C)C1(O)C(C)C1CC(C)=C(C)C(=O)O1. The van der Waals surface area contributed by atoms with E-state index in [-0.39, 0.29) is 41.2 Å². The van der Waals surface area contributed by atoms with Gasteiger partial charge in [0, 0.05) is 30.3 Å². The monoisotopic (exact) mass is 512 g/mol. The first-order valence-electron chi connectivity index (χ1n) is 14.0. The van der Waals surface area contributed by atoms with Crippen LogP contribution in [0, 0.1) is 34.5 Å². The lowest BCUT2D eigenvalue weighted by Gasteiger charge is -2.59. The summed E-state index contributed by atoms with van der Waals surface area (Å²) in [6.45, 7) is 11.3. The third-order valence-corrected chi connectivity index (χ3v) is 12.1. The fourth-order valence-corrected chi connectivity index (χ4v) is 9.75. The van der Waals surface area contributed by atoms with Crippen LogP contribution in [0.3, 0.4) is 0 Å². The minimum Gasteiger partial charge on any atom is -0.459 e. The fourth-order valence-electron chi connectivity index (χ4n) is 9.75. The Morgan fingerprint density at radius 3 is 2.59 bits per heavy atom. The molecule has 0 aromatic heterocycles. The van der Waals surface area contributed by atoms with E-state index in [0.29, 0.717) is 24.8 Å². The standard InChI is InChI=1S/C30H40O7/c1-15-12-22(36-26(33)16(15)2)17(3)30(34)25(35-18(4)31)14-21-19-13-24-29(37-24)10-7-8-23(32)28(29,6)20(19)9-11-27(21,30)5/h7-8,17,19-22,24-25,34H,9-14H2,1-6H3. The third kappa shape index (κ3) is 2.99. The summed E-state index contributed by atoms with van der Waals surface area (Å²) in [6.07, 6.45) is 6.78. The van der Waals surface area contributed by atoms with Crippen molar-refractivity contribution in [3.63, 3.8) is 0 Å². The van der Waals surface area contributed by atoms with Gasteiger partial charge in [-0.05, 0) is 76.7 Å². The van der Waals surface area contributed by atoms with Crippen molar-refractivity contribution < 1.29 is 33.7 Å². The number of fused-ring (bicyclic) bond motifs is 4. The van der Waals surface area contributed by atoms with Crippen molar-refractivity contribution >= 4 is 17.7 Å². The number of hydrogen-bond acceptors (Lipinski definition) is 7. The predicted molar refractivity (Wildman–Crippen MR) is 134 cm³/mol. The van der Waals surface area contributed by atoms with Gasteiger partial charge in [0.05, 0.1) is 11.5 Å². The zero-order valence-electron chi connectivity index (χ0n) is 22.8. The lowest BCUT2D eigenvalue weighted by molar-refractivity contribution is -0.215. The summed E-state index contributed by atoms with van der Waals surface area (Å²) in [7, 11) is 0. The summed E-state index contributed by atoms with van der Waals surface area (Å²) in [5.74, 6) is -0.666. The second kappa shape index (κ2) is 7.78. The van der Waals surface area contributed by atoms with E-state index in [1.165, 1.54) is 6.92 Å². The van der Waals surface area contributed by atoms with Gasteiger partial charge in [0.1, 0.15) is 23.4 Å². The topological polar surface area (TPSA) is 102 Å². The highest BCUT2D eigenvalue weighted by Crippen LogP contribution is 2.74. The van der Waals surface area contributed by atoms with E-state index in [4.69, 9.17) is 14.2 Å². The predicted octanol–water partition coefficient (Wildman–Crippen LogP) is 4.07. The highest BCUT2D eigenvalue weighted by molar-refractivity contribution is 5.97. The Morgan fingerprint density at radius 1 is 1.19 bits per heavy atom. The average molecular weight is 513 g/mol. The maximum Gasteiger partial charge on any atom is 0.333 e. The third-order valence-electron chi connectivity index (χ3n) is 12.1. The van der Waals surface area contributed by atoms with E-state index in [1.807, 2.05) is 19.9 Å². The van der Waals surface area contributed by atoms with Crippen LogP contribution >= 0.6 is 0 Å². The summed E-state index contributed by atoms with van der Waals surface area (Å²) >= 11 is 0. The van der Waals surface area contributed by atoms with Crippen molar-refractivity contribution in [2.45, 2.75) is 110 Å². The van der Waals surface area contributed by atoms with Crippen LogP contribution in [-0.2, 0) is 28.6 Å². The lowest BCUT2D eigenvalue weighted by Crippen LogP contribution is -2.64. The van der Waals surface area contributed by atoms with Crippen LogP contribution in [0.15, 0.2) is 23.3 Å². The van der Waals surface area contributed by atoms with Gasteiger partial charge in [-0.3, -0.25) is 9.59 Å². The first kappa shape index (κ1) is 25.3. The molecule has 1 saturated heterocycles. The van der Waals surface area contributed by atoms with Crippen molar-refractivity contribution in [2.24, 2.45) is 34.5 Å². The summed E-state index contributed by atoms with van der Waals surface area (Å²) in [4.78, 5) is 38.3. The highest BCUT2D eigenvalue weighted by Gasteiger charge is 2.79. The molecule has 4 aliphatic carbocycles. The van der Waals surface area contributed by atoms with Gasteiger partial charge >= 0.3 is 11.9 Å². The van der Waals surface area contributed by atoms with Crippen molar-refractivity contribution in [3.05, 3.63) is 23.3 Å². The number of epoxide rings is 1. The van der Waals surface area contributed by atoms with Crippen LogP contribution in [0.1, 0.15) is 80.1 Å². The number of carbonyl (C=O) groups excluding carboxylic acids is 3. The average Bonchev–Trinajstić information content (AvgIpc) is 3.50. The maximum atomic E-state index is 13.4. The van der Waals surface area contributed by atoms with Crippen LogP contribution in [0.2, 0.25) is 0 Å². The normalized spacial score (nSPS) is 50.9. The second-order valence-corrected chi connectivity index (χ2v) is 13.2. The van der Waals surface area contributed by atoms with E-state index in [2.05, 4.69) is 13.8 Å². The Kier molecular flexibility index (Phi) is 5.32. The molecular formula is C30H40O7. The zero-order chi connectivity index (χ0) is 26.7. The Labute approximate surface area is 219 Å². The van der Waals surface area contributed by atoms with Gasteiger partial charge in [-0.2, -0.15) is 0 Å². The summed E-state index contributed by atoms with van der Waals surface area (Å²) in [5, 5.41) is 12.7. The highest BCUT2D eigenvalue weighted by atomic mass is 16.6. The van der Waals surface area contributed by atoms with Crippen molar-refractivity contribution in [1.82, 2.24) is 0 Å². The number of rotatable bonds is 3. The Balaban J connectivity index is 1.39. The molecule has 7 heteroatoms. The van der Waals surface area contributed by atoms with Crippen LogP contribution in [0.4, 0.5) is 0 Å². The molecule has 0 bridgehead atoms. The molecule has 1 spiro atoms. The number of hydrogen-bond donors (Lipinski definition) is 1. The van der Waals surface area contributed by atoms with E-state index in [1.54, 1.807) is 13.0 Å². The number of esters is 2. The second-order valence-electron chi connectivity index (χ2n) is 13.2. The molecule has 6 rings (SSSR count). The molecule has 3 saturated carbocycles. The van der Waals surface area contributed by atoms with Gasteiger partial charge in [0.2, 0.25) is 0 Å². The summed E-state index contributed by atoms with van der Waals surface area (Å²) in [5.41, 5.74) is -1.31. The molecule has 0 amide bonds. The van der Waals surface area contributed by atoms with Gasteiger partial charge in [-0.1, -0.05) is 25.5 Å². The number of ether oxygens (including phenoxy) is 3. The van der Waals surface area contributed by atoms with E-state index >= 15 is 0 Å². The molecule has 202 valence electrons. The number of aliphatic hydroxyl groups is 1. The van der Waals surface area contributed by atoms with Crippen LogP contribution in [-0.4, -0.2) is 52.3 Å². The largest absolute Gasteiger partial charge is 0.459 e. The molecule has 2 heterocycles. The Hall–Kier alpha value is -1.99. The molecule has 0 aromatic rings. The van der Waals surface area contributed by atoms with Crippen molar-refractivity contribution in [2.75, 3.05) is 0 Å². The quantitative estimate of drug-likeness (QED) is 0.449. The van der Waals surface area contributed by atoms with Crippen molar-refractivity contribution in [1.29, 1.82) is 0 Å². The fraction of sp³-hybridized carbons (Fsp3) is 0.767. The van der Waals surface area contributed by atoms with Gasteiger partial charge < -0.3 is 19.3 Å². The van der Waals surface area contributed by atoms with Crippen LogP contribution in [0.5, 0.6) is 0 Å². The van der Waals surface area contributed by atoms with Gasteiger partial charge in [-0.25, -0.2) is 4.79 Å². The molecule has 0 aromatic carbocycles. The molecule has 37 heavy (non-hydrogen) atoms. The van der Waals surface area contributed by atoms with Crippen molar-refractivity contribution in [3.8, 4) is 0 Å². The Bertz CT molecular complexity index is 1140. The molecule has 1 N–H and O–H groups in total.